The third-order valence-corrected chi connectivity index (χ3v) is 7.76. The van der Waals surface area contributed by atoms with Crippen molar-refractivity contribution >= 4 is 46.6 Å². The lowest BCUT2D eigenvalue weighted by molar-refractivity contribution is -0.139. The molecule has 1 aliphatic heterocycles. The largest absolute Gasteiger partial charge is 0.494 e. The highest BCUT2D eigenvalue weighted by Gasteiger charge is 2.45. The van der Waals surface area contributed by atoms with Gasteiger partial charge in [0.15, 0.2) is 0 Å². The average molecular weight is 621 g/mol. The van der Waals surface area contributed by atoms with Crippen LogP contribution in [0.5, 0.6) is 5.75 Å². The van der Waals surface area contributed by atoms with Gasteiger partial charge in [0.25, 0.3) is 0 Å². The summed E-state index contributed by atoms with van der Waals surface area (Å²) < 4.78 is 17.2. The van der Waals surface area contributed by atoms with Crippen molar-refractivity contribution in [3.8, 4) is 5.75 Å². The lowest BCUT2D eigenvalue weighted by Crippen LogP contribution is -2.44. The van der Waals surface area contributed by atoms with Crippen LogP contribution in [-0.2, 0) is 19.1 Å². The molecule has 3 heterocycles. The Morgan fingerprint density at radius 3 is 2.20 bits per heavy atom. The van der Waals surface area contributed by atoms with Crippen molar-refractivity contribution in [2.75, 3.05) is 26.2 Å². The molecule has 0 fully saturated rings. The number of aromatic nitrogens is 1. The minimum absolute atomic E-state index is 0.000432. The van der Waals surface area contributed by atoms with Gasteiger partial charge in [-0.1, -0.05) is 36.4 Å². The molecule has 2 aromatic heterocycles. The van der Waals surface area contributed by atoms with E-state index >= 15 is 0 Å². The maximum atomic E-state index is 13.9. The molecule has 1 aliphatic rings. The number of hydrogen-bond acceptors (Lipinski definition) is 9. The van der Waals surface area contributed by atoms with Crippen LogP contribution in [0.25, 0.3) is 5.52 Å². The van der Waals surface area contributed by atoms with E-state index in [2.05, 4.69) is 5.87 Å². The molecule has 12 nitrogen and oxygen atoms in total. The van der Waals surface area contributed by atoms with Crippen LogP contribution < -0.4 is 9.64 Å². The van der Waals surface area contributed by atoms with Crippen LogP contribution in [0.15, 0.2) is 89.8 Å². The maximum Gasteiger partial charge on any atom is 0.355 e. The Hall–Kier alpha value is -6.26. The summed E-state index contributed by atoms with van der Waals surface area (Å²) in [4.78, 5) is 54.3. The zero-order chi connectivity index (χ0) is 33.3. The Labute approximate surface area is 262 Å². The van der Waals surface area contributed by atoms with E-state index < -0.39 is 46.7 Å². The number of rotatable bonds is 8. The molecular formula is C34H28N4O8. The summed E-state index contributed by atoms with van der Waals surface area (Å²) in [7, 11) is 3.67. The molecule has 1 atom stereocenters. The Kier molecular flexibility index (Phi) is 8.40. The number of carboxylic acid groups (broad SMARTS) is 1. The fraction of sp³-hybridized carbons (Fsp3) is 0.147. The first-order chi connectivity index (χ1) is 22.1. The Bertz CT molecular complexity index is 2040. The van der Waals surface area contributed by atoms with Gasteiger partial charge in [-0.25, -0.2) is 14.4 Å². The predicted molar refractivity (Wildman–Crippen MR) is 167 cm³/mol. The van der Waals surface area contributed by atoms with Gasteiger partial charge in [-0.15, -0.1) is 0 Å². The standard InChI is InChI=1S/C34H28N4O8/c1-18-27(37-15-9-8-12-24(37)30(18)44-2)29(39)20-13-14-23(21(16-20)32(40)41)38-28(34(43)46-4)26(33(42)45-3)25(22(17-35)31(38)36)19-10-6-5-7-11-19/h5-16,25,35-36H,1-4H3,(H,40,41). The molecule has 1 unspecified atom stereocenters. The van der Waals surface area contributed by atoms with Gasteiger partial charge in [0.2, 0.25) is 5.78 Å². The predicted octanol–water partition coefficient (Wildman–Crippen LogP) is 4.54. The van der Waals surface area contributed by atoms with Crippen molar-refractivity contribution in [2.24, 2.45) is 0 Å². The molecule has 0 radical (unpaired) electrons. The van der Waals surface area contributed by atoms with Crippen LogP contribution in [0.2, 0.25) is 0 Å². The van der Waals surface area contributed by atoms with Gasteiger partial charge in [0.05, 0.1) is 55.2 Å². The fourth-order valence-corrected chi connectivity index (χ4v) is 5.77. The summed E-state index contributed by atoms with van der Waals surface area (Å²) in [5, 5.41) is 27.5. The minimum Gasteiger partial charge on any atom is -0.494 e. The Balaban J connectivity index is 1.77. The molecule has 0 aliphatic carbocycles. The number of hydrogen-bond donors (Lipinski definition) is 3. The molecule has 0 bridgehead atoms. The Morgan fingerprint density at radius 2 is 1.59 bits per heavy atom. The van der Waals surface area contributed by atoms with Crippen molar-refractivity contribution in [1.29, 1.82) is 10.8 Å². The van der Waals surface area contributed by atoms with Gasteiger partial charge in [-0.3, -0.25) is 20.5 Å². The molecule has 2 aromatic carbocycles. The van der Waals surface area contributed by atoms with E-state index in [1.165, 1.54) is 19.2 Å². The first kappa shape index (κ1) is 31.2. The van der Waals surface area contributed by atoms with E-state index in [0.717, 1.165) is 25.2 Å². The molecule has 3 N–H and O–H groups in total. The molecule has 4 aromatic rings. The van der Waals surface area contributed by atoms with E-state index in [1.807, 2.05) is 0 Å². The second kappa shape index (κ2) is 12.4. The SMILES string of the molecule is COC(=O)C1=C(C(=O)OC)N(c2ccc(C(=O)c3c(C)c(OC)c4ccccn34)cc2C(=O)O)C(=N)C(=C=N)C1c1ccccc1. The smallest absolute Gasteiger partial charge is 0.355 e. The number of fused-ring (bicyclic) bond motifs is 1. The molecule has 12 heteroatoms. The van der Waals surface area contributed by atoms with Gasteiger partial charge in [-0.2, -0.15) is 0 Å². The fourth-order valence-electron chi connectivity index (χ4n) is 5.77. The topological polar surface area (TPSA) is 172 Å². The van der Waals surface area contributed by atoms with E-state index in [0.29, 0.717) is 22.4 Å². The molecule has 0 saturated carbocycles. The summed E-state index contributed by atoms with van der Waals surface area (Å²) in [5.74, 6) is -2.96. The average Bonchev–Trinajstić information content (AvgIpc) is 3.37. The molecule has 0 amide bonds. The van der Waals surface area contributed by atoms with Crippen molar-refractivity contribution < 1.29 is 38.5 Å². The van der Waals surface area contributed by atoms with Crippen molar-refractivity contribution in [3.05, 3.63) is 118 Å². The van der Waals surface area contributed by atoms with Crippen LogP contribution in [-0.4, -0.2) is 66.2 Å². The number of carbonyl (C=O) groups excluding carboxylic acids is 3. The summed E-state index contributed by atoms with van der Waals surface area (Å²) in [6, 6.07) is 17.5. The summed E-state index contributed by atoms with van der Waals surface area (Å²) in [5.41, 5.74) is 0.293. The second-order valence-corrected chi connectivity index (χ2v) is 10.1. The number of amidine groups is 1. The van der Waals surface area contributed by atoms with Gasteiger partial charge >= 0.3 is 17.9 Å². The van der Waals surface area contributed by atoms with Crippen LogP contribution >= 0.6 is 0 Å². The number of benzene rings is 2. The van der Waals surface area contributed by atoms with E-state index in [1.54, 1.807) is 66.1 Å². The van der Waals surface area contributed by atoms with Crippen molar-refractivity contribution in [2.45, 2.75) is 12.8 Å². The molecule has 0 saturated heterocycles. The third-order valence-electron chi connectivity index (χ3n) is 7.76. The minimum atomic E-state index is -1.49. The van der Waals surface area contributed by atoms with Crippen molar-refractivity contribution in [3.63, 3.8) is 0 Å². The summed E-state index contributed by atoms with van der Waals surface area (Å²) >= 11 is 0. The first-order valence-electron chi connectivity index (χ1n) is 13.8. The molecule has 5 rings (SSSR count). The normalized spacial score (nSPS) is 14.6. The molecule has 232 valence electrons. The first-order valence-corrected chi connectivity index (χ1v) is 13.8. The van der Waals surface area contributed by atoms with E-state index in [4.69, 9.17) is 25.0 Å². The molecule has 0 spiro atoms. The zero-order valence-corrected chi connectivity index (χ0v) is 25.2. The number of carbonyl (C=O) groups is 4. The van der Waals surface area contributed by atoms with Crippen LogP contribution in [0.4, 0.5) is 5.69 Å². The number of anilines is 1. The third kappa shape index (κ3) is 4.92. The van der Waals surface area contributed by atoms with Gasteiger partial charge in [-0.05, 0) is 48.7 Å². The van der Waals surface area contributed by atoms with Gasteiger partial charge in [0.1, 0.15) is 23.0 Å². The highest BCUT2D eigenvalue weighted by atomic mass is 16.5. The zero-order valence-electron chi connectivity index (χ0n) is 25.2. The quantitative estimate of drug-likeness (QED) is 0.145. The number of carboxylic acids is 1. The summed E-state index contributed by atoms with van der Waals surface area (Å²) in [6.45, 7) is 1.72. The highest BCUT2D eigenvalue weighted by Crippen LogP contribution is 2.43. The van der Waals surface area contributed by atoms with Crippen molar-refractivity contribution in [1.82, 2.24) is 4.40 Å². The monoisotopic (exact) mass is 620 g/mol. The second-order valence-electron chi connectivity index (χ2n) is 10.1. The molecule has 46 heavy (non-hydrogen) atoms. The number of pyridine rings is 1. The lowest BCUT2D eigenvalue weighted by atomic mass is 9.79. The number of ketones is 1. The number of aromatic carboxylic acids is 1. The summed E-state index contributed by atoms with van der Waals surface area (Å²) in [6.07, 6.45) is 1.69. The number of nitrogens with zero attached hydrogens (tertiary/aromatic N) is 2. The van der Waals surface area contributed by atoms with Gasteiger partial charge in [0, 0.05) is 17.3 Å². The number of ether oxygens (including phenoxy) is 3. The highest BCUT2D eigenvalue weighted by molar-refractivity contribution is 6.25. The molecular weight excluding hydrogens is 592 g/mol. The van der Waals surface area contributed by atoms with E-state index in [-0.39, 0.29) is 28.1 Å². The number of methoxy groups -OCH3 is 3. The Morgan fingerprint density at radius 1 is 0.913 bits per heavy atom. The number of esters is 2. The van der Waals surface area contributed by atoms with E-state index in [9.17, 15) is 24.3 Å². The lowest BCUT2D eigenvalue weighted by Gasteiger charge is -2.37. The van der Waals surface area contributed by atoms with Crippen LogP contribution in [0, 0.1) is 17.7 Å². The van der Waals surface area contributed by atoms with Gasteiger partial charge < -0.3 is 23.7 Å². The van der Waals surface area contributed by atoms with Crippen LogP contribution in [0.1, 0.15) is 43.5 Å². The van der Waals surface area contributed by atoms with Crippen LogP contribution in [0.3, 0.4) is 0 Å². The number of nitrogens with one attached hydrogen (secondary N) is 2. The maximum absolute atomic E-state index is 13.9.